The number of H-pyrrole nitrogens is 1. The first kappa shape index (κ1) is 10.0. The number of nitrogens with zero attached hydrogens (tertiary/aromatic N) is 1. The molecule has 0 aliphatic rings. The molecule has 84 valence electrons. The number of anilines is 1. The molecule has 17 heavy (non-hydrogen) atoms. The fourth-order valence-electron chi connectivity index (χ4n) is 1.77. The highest BCUT2D eigenvalue weighted by Crippen LogP contribution is 2.30. The Labute approximate surface area is 101 Å². The zero-order valence-electron chi connectivity index (χ0n) is 8.81. The summed E-state index contributed by atoms with van der Waals surface area (Å²) in [6.45, 7) is 0. The molecule has 0 unspecified atom stereocenters. The SMILES string of the molecule is Nc1nc2c(-c3ccccc3)csc2c(=O)[nH]1. The molecule has 3 rings (SSSR count). The van der Waals surface area contributed by atoms with Gasteiger partial charge in [0.2, 0.25) is 5.95 Å². The lowest BCUT2D eigenvalue weighted by molar-refractivity contribution is 1.20. The number of hydrogen-bond donors (Lipinski definition) is 2. The second kappa shape index (κ2) is 3.71. The molecule has 0 aliphatic heterocycles. The van der Waals surface area contributed by atoms with Crippen LogP contribution in [0.2, 0.25) is 0 Å². The molecule has 0 atom stereocenters. The smallest absolute Gasteiger partial charge is 0.270 e. The van der Waals surface area contributed by atoms with Gasteiger partial charge in [0, 0.05) is 10.9 Å². The van der Waals surface area contributed by atoms with Gasteiger partial charge in [0.25, 0.3) is 5.56 Å². The zero-order chi connectivity index (χ0) is 11.8. The molecule has 4 nitrogen and oxygen atoms in total. The largest absolute Gasteiger partial charge is 0.369 e. The minimum atomic E-state index is -0.181. The molecule has 0 bridgehead atoms. The second-order valence-electron chi connectivity index (χ2n) is 3.64. The minimum Gasteiger partial charge on any atom is -0.369 e. The summed E-state index contributed by atoms with van der Waals surface area (Å²) in [5.41, 5.74) is 8.04. The molecule has 5 heteroatoms. The Kier molecular flexibility index (Phi) is 2.19. The molecule has 2 aromatic heterocycles. The molecule has 1 aromatic carbocycles. The number of nitrogen functional groups attached to an aromatic ring is 1. The predicted octanol–water partition coefficient (Wildman–Crippen LogP) is 2.23. The van der Waals surface area contributed by atoms with Gasteiger partial charge in [-0.25, -0.2) is 4.98 Å². The second-order valence-corrected chi connectivity index (χ2v) is 4.52. The van der Waals surface area contributed by atoms with E-state index >= 15 is 0 Å². The molecular weight excluding hydrogens is 234 g/mol. The Morgan fingerprint density at radius 3 is 2.76 bits per heavy atom. The average molecular weight is 243 g/mol. The number of rotatable bonds is 1. The predicted molar refractivity (Wildman–Crippen MR) is 70.1 cm³/mol. The quantitative estimate of drug-likeness (QED) is 0.688. The Balaban J connectivity index is 2.36. The summed E-state index contributed by atoms with van der Waals surface area (Å²) in [4.78, 5) is 18.4. The van der Waals surface area contributed by atoms with E-state index in [0.717, 1.165) is 11.1 Å². The first-order valence-corrected chi connectivity index (χ1v) is 5.96. The van der Waals surface area contributed by atoms with Gasteiger partial charge in [-0.1, -0.05) is 30.3 Å². The number of fused-ring (bicyclic) bond motifs is 1. The highest BCUT2D eigenvalue weighted by molar-refractivity contribution is 7.17. The van der Waals surface area contributed by atoms with Gasteiger partial charge in [0.1, 0.15) is 4.70 Å². The van der Waals surface area contributed by atoms with Gasteiger partial charge in [-0.15, -0.1) is 11.3 Å². The van der Waals surface area contributed by atoms with E-state index in [1.54, 1.807) is 0 Å². The average Bonchev–Trinajstić information content (AvgIpc) is 2.74. The topological polar surface area (TPSA) is 71.8 Å². The lowest BCUT2D eigenvalue weighted by atomic mass is 10.1. The van der Waals surface area contributed by atoms with Gasteiger partial charge < -0.3 is 5.73 Å². The maximum absolute atomic E-state index is 11.7. The molecule has 0 fully saturated rings. The van der Waals surface area contributed by atoms with Crippen molar-refractivity contribution >= 4 is 27.5 Å². The molecule has 0 amide bonds. The molecule has 3 N–H and O–H groups in total. The van der Waals surface area contributed by atoms with E-state index in [1.165, 1.54) is 11.3 Å². The van der Waals surface area contributed by atoms with Crippen LogP contribution in [0.1, 0.15) is 0 Å². The van der Waals surface area contributed by atoms with Crippen LogP contribution >= 0.6 is 11.3 Å². The van der Waals surface area contributed by atoms with Gasteiger partial charge in [-0.05, 0) is 5.56 Å². The maximum atomic E-state index is 11.7. The zero-order valence-corrected chi connectivity index (χ0v) is 9.62. The van der Waals surface area contributed by atoms with Crippen molar-refractivity contribution in [2.75, 3.05) is 5.73 Å². The van der Waals surface area contributed by atoms with Gasteiger partial charge in [0.05, 0.1) is 5.52 Å². The van der Waals surface area contributed by atoms with E-state index in [4.69, 9.17) is 5.73 Å². The van der Waals surface area contributed by atoms with E-state index in [-0.39, 0.29) is 11.5 Å². The van der Waals surface area contributed by atoms with Crippen LogP contribution < -0.4 is 11.3 Å². The molecule has 2 heterocycles. The Bertz CT molecular complexity index is 730. The van der Waals surface area contributed by atoms with Gasteiger partial charge in [0.15, 0.2) is 0 Å². The highest BCUT2D eigenvalue weighted by atomic mass is 32.1. The van der Waals surface area contributed by atoms with Crippen LogP contribution in [0, 0.1) is 0 Å². The van der Waals surface area contributed by atoms with Crippen molar-refractivity contribution < 1.29 is 0 Å². The fraction of sp³-hybridized carbons (Fsp3) is 0. The van der Waals surface area contributed by atoms with Crippen LogP contribution in [0.5, 0.6) is 0 Å². The van der Waals surface area contributed by atoms with Crippen molar-refractivity contribution in [1.82, 2.24) is 9.97 Å². The molecule has 0 saturated carbocycles. The monoisotopic (exact) mass is 243 g/mol. The summed E-state index contributed by atoms with van der Waals surface area (Å²) in [5.74, 6) is 0.151. The molecular formula is C12H9N3OS. The maximum Gasteiger partial charge on any atom is 0.270 e. The van der Waals surface area contributed by atoms with Crippen LogP contribution in [-0.2, 0) is 0 Å². The summed E-state index contributed by atoms with van der Waals surface area (Å²) in [5, 5.41) is 1.93. The van der Waals surface area contributed by atoms with Gasteiger partial charge in [-0.3, -0.25) is 9.78 Å². The van der Waals surface area contributed by atoms with E-state index in [1.807, 2.05) is 35.7 Å². The minimum absolute atomic E-state index is 0.151. The number of aromatic nitrogens is 2. The van der Waals surface area contributed by atoms with Crippen molar-refractivity contribution in [1.29, 1.82) is 0 Å². The molecule has 3 aromatic rings. The van der Waals surface area contributed by atoms with Gasteiger partial charge >= 0.3 is 0 Å². The third-order valence-corrected chi connectivity index (χ3v) is 3.50. The van der Waals surface area contributed by atoms with E-state index < -0.39 is 0 Å². The fourth-order valence-corrected chi connectivity index (χ4v) is 2.68. The van der Waals surface area contributed by atoms with Crippen molar-refractivity contribution in [2.24, 2.45) is 0 Å². The molecule has 0 spiro atoms. The van der Waals surface area contributed by atoms with Crippen LogP contribution in [0.4, 0.5) is 5.95 Å². The third-order valence-electron chi connectivity index (χ3n) is 2.53. The first-order chi connectivity index (χ1) is 8.25. The normalized spacial score (nSPS) is 10.8. The Hall–Kier alpha value is -2.14. The lowest BCUT2D eigenvalue weighted by Gasteiger charge is -1.99. The van der Waals surface area contributed by atoms with E-state index in [9.17, 15) is 4.79 Å². The number of thiophene rings is 1. The molecule has 0 aliphatic carbocycles. The van der Waals surface area contributed by atoms with Gasteiger partial charge in [-0.2, -0.15) is 0 Å². The van der Waals surface area contributed by atoms with Crippen molar-refractivity contribution in [3.8, 4) is 11.1 Å². The van der Waals surface area contributed by atoms with Crippen molar-refractivity contribution in [2.45, 2.75) is 0 Å². The molecule has 0 radical (unpaired) electrons. The van der Waals surface area contributed by atoms with E-state index in [2.05, 4.69) is 9.97 Å². The number of nitrogens with one attached hydrogen (secondary N) is 1. The summed E-state index contributed by atoms with van der Waals surface area (Å²) < 4.78 is 0.609. The first-order valence-electron chi connectivity index (χ1n) is 5.08. The summed E-state index contributed by atoms with van der Waals surface area (Å²) in [7, 11) is 0. The van der Waals surface area contributed by atoms with Crippen LogP contribution in [0.15, 0.2) is 40.5 Å². The molecule has 0 saturated heterocycles. The van der Waals surface area contributed by atoms with Crippen molar-refractivity contribution in [3.63, 3.8) is 0 Å². The summed E-state index contributed by atoms with van der Waals surface area (Å²) >= 11 is 1.38. The van der Waals surface area contributed by atoms with E-state index in [0.29, 0.717) is 10.2 Å². The third kappa shape index (κ3) is 1.60. The Morgan fingerprint density at radius 1 is 1.24 bits per heavy atom. The number of aromatic amines is 1. The highest BCUT2D eigenvalue weighted by Gasteiger charge is 2.10. The van der Waals surface area contributed by atoms with Crippen LogP contribution in [0.25, 0.3) is 21.3 Å². The lowest BCUT2D eigenvalue weighted by Crippen LogP contribution is -2.09. The Morgan fingerprint density at radius 2 is 2.00 bits per heavy atom. The van der Waals surface area contributed by atoms with Crippen molar-refractivity contribution in [3.05, 3.63) is 46.1 Å². The summed E-state index contributed by atoms with van der Waals surface area (Å²) in [6, 6.07) is 9.83. The van der Waals surface area contributed by atoms with Crippen LogP contribution in [-0.4, -0.2) is 9.97 Å². The standard InChI is InChI=1S/C12H9N3OS/c13-12-14-9-8(7-4-2-1-3-5-7)6-17-10(9)11(16)15-12/h1-6H,(H3,13,14,15,16). The number of benzene rings is 1. The van der Waals surface area contributed by atoms with Crippen LogP contribution in [0.3, 0.4) is 0 Å². The summed E-state index contributed by atoms with van der Waals surface area (Å²) in [6.07, 6.45) is 0. The number of nitrogens with two attached hydrogens (primary N) is 1. The number of hydrogen-bond acceptors (Lipinski definition) is 4.